The van der Waals surface area contributed by atoms with Crippen LogP contribution in [0.1, 0.15) is 43.6 Å². The van der Waals surface area contributed by atoms with Crippen molar-refractivity contribution < 1.29 is 0 Å². The third-order valence-electron chi connectivity index (χ3n) is 6.04. The van der Waals surface area contributed by atoms with E-state index >= 15 is 0 Å². The van der Waals surface area contributed by atoms with E-state index in [1.165, 1.54) is 37.9 Å². The number of benzene rings is 1. The molecule has 0 radical (unpaired) electrons. The largest absolute Gasteiger partial charge is 0.313 e. The minimum absolute atomic E-state index is 0.303. The summed E-state index contributed by atoms with van der Waals surface area (Å²) in [7, 11) is 0. The van der Waals surface area contributed by atoms with Crippen molar-refractivity contribution >= 4 is 0 Å². The number of hydrogen-bond acceptors (Lipinski definition) is 3. The molecule has 3 fully saturated rings. The van der Waals surface area contributed by atoms with Gasteiger partial charge in [0.05, 0.1) is 6.07 Å². The number of nitriles is 1. The molecule has 0 unspecified atom stereocenters. The third kappa shape index (κ3) is 3.59. The Morgan fingerprint density at radius 2 is 1.91 bits per heavy atom. The lowest BCUT2D eigenvalue weighted by molar-refractivity contribution is 0.167. The van der Waals surface area contributed by atoms with Crippen LogP contribution in [0, 0.1) is 22.7 Å². The summed E-state index contributed by atoms with van der Waals surface area (Å²) in [5.41, 5.74) is 2.02. The van der Waals surface area contributed by atoms with Crippen molar-refractivity contribution in [2.24, 2.45) is 11.3 Å². The van der Waals surface area contributed by atoms with Gasteiger partial charge in [-0.05, 0) is 56.2 Å². The number of hydrogen-bond donors (Lipinski definition) is 1. The molecule has 1 aliphatic heterocycles. The molecule has 3 heteroatoms. The van der Waals surface area contributed by atoms with Crippen LogP contribution >= 0.6 is 0 Å². The molecular formula is C20H27N3. The summed E-state index contributed by atoms with van der Waals surface area (Å²) in [6, 6.07) is 14.1. The summed E-state index contributed by atoms with van der Waals surface area (Å²) in [4.78, 5) is 2.60. The van der Waals surface area contributed by atoms with Gasteiger partial charge >= 0.3 is 0 Å². The van der Waals surface area contributed by atoms with Gasteiger partial charge in [-0.3, -0.25) is 0 Å². The summed E-state index contributed by atoms with van der Waals surface area (Å²) in [5.74, 6) is 1.04. The zero-order valence-corrected chi connectivity index (χ0v) is 13.9. The molecule has 0 spiro atoms. The first kappa shape index (κ1) is 15.2. The second-order valence-corrected chi connectivity index (χ2v) is 7.92. The molecule has 1 N–H and O–H groups in total. The van der Waals surface area contributed by atoms with Gasteiger partial charge in [0, 0.05) is 31.0 Å². The Morgan fingerprint density at radius 3 is 2.57 bits per heavy atom. The van der Waals surface area contributed by atoms with Crippen molar-refractivity contribution in [2.45, 2.75) is 44.1 Å². The maximum atomic E-state index is 9.01. The molecule has 1 aromatic rings. The highest BCUT2D eigenvalue weighted by Crippen LogP contribution is 2.48. The lowest BCUT2D eigenvalue weighted by atomic mass is 9.96. The van der Waals surface area contributed by atoms with Gasteiger partial charge in [0.2, 0.25) is 0 Å². The summed E-state index contributed by atoms with van der Waals surface area (Å²) < 4.78 is 0. The van der Waals surface area contributed by atoms with Crippen molar-refractivity contribution in [3.63, 3.8) is 0 Å². The fourth-order valence-corrected chi connectivity index (χ4v) is 4.10. The number of likely N-dealkylation sites (tertiary alicyclic amines) is 1. The number of rotatable bonds is 6. The Hall–Kier alpha value is -1.37. The zero-order chi connectivity index (χ0) is 15.7. The number of nitrogens with zero attached hydrogens (tertiary/aromatic N) is 2. The number of piperidine rings is 1. The first-order valence-corrected chi connectivity index (χ1v) is 9.18. The van der Waals surface area contributed by atoms with Crippen molar-refractivity contribution in [1.82, 2.24) is 10.2 Å². The molecule has 4 rings (SSSR count). The van der Waals surface area contributed by atoms with E-state index in [9.17, 15) is 0 Å². The average molecular weight is 309 g/mol. The minimum atomic E-state index is 0.303. The Morgan fingerprint density at radius 1 is 1.17 bits per heavy atom. The van der Waals surface area contributed by atoms with E-state index in [1.54, 1.807) is 0 Å². The Kier molecular flexibility index (Phi) is 4.13. The molecule has 122 valence electrons. The Balaban J connectivity index is 1.22. The second kappa shape index (κ2) is 6.26. The van der Waals surface area contributed by atoms with Crippen molar-refractivity contribution in [1.29, 1.82) is 5.26 Å². The van der Waals surface area contributed by atoms with E-state index in [0.29, 0.717) is 17.4 Å². The van der Waals surface area contributed by atoms with E-state index in [4.69, 9.17) is 5.26 Å². The highest BCUT2D eigenvalue weighted by atomic mass is 15.1. The molecular weight excluding hydrogens is 282 g/mol. The van der Waals surface area contributed by atoms with Crippen LogP contribution in [0.3, 0.4) is 0 Å². The molecule has 1 heterocycles. The van der Waals surface area contributed by atoms with Crippen LogP contribution in [0.4, 0.5) is 0 Å². The normalized spacial score (nSPS) is 29.9. The maximum absolute atomic E-state index is 9.01. The summed E-state index contributed by atoms with van der Waals surface area (Å²) >= 11 is 0. The Labute approximate surface area is 139 Å². The fraction of sp³-hybridized carbons (Fsp3) is 0.650. The van der Waals surface area contributed by atoms with Crippen molar-refractivity contribution in [2.75, 3.05) is 26.2 Å². The smallest absolute Gasteiger partial charge is 0.0656 e. The topological polar surface area (TPSA) is 39.1 Å². The van der Waals surface area contributed by atoms with Crippen LogP contribution in [0.2, 0.25) is 0 Å². The van der Waals surface area contributed by atoms with Crippen LogP contribution in [0.25, 0.3) is 0 Å². The van der Waals surface area contributed by atoms with E-state index in [2.05, 4.69) is 46.6 Å². The second-order valence-electron chi connectivity index (χ2n) is 7.92. The van der Waals surface area contributed by atoms with Crippen LogP contribution in [-0.2, 0) is 0 Å². The van der Waals surface area contributed by atoms with Gasteiger partial charge < -0.3 is 10.2 Å². The van der Waals surface area contributed by atoms with Gasteiger partial charge in [-0.25, -0.2) is 0 Å². The minimum Gasteiger partial charge on any atom is -0.313 e. The van der Waals surface area contributed by atoms with Gasteiger partial charge in [0.15, 0.2) is 0 Å². The summed E-state index contributed by atoms with van der Waals surface area (Å²) in [5, 5.41) is 12.9. The van der Waals surface area contributed by atoms with E-state index < -0.39 is 0 Å². The molecule has 0 aromatic heterocycles. The molecule has 2 atom stereocenters. The van der Waals surface area contributed by atoms with Crippen LogP contribution in [-0.4, -0.2) is 37.1 Å². The predicted octanol–water partition coefficient (Wildman–Crippen LogP) is 3.15. The molecule has 1 aromatic carbocycles. The lowest BCUT2D eigenvalue weighted by Crippen LogP contribution is -2.41. The van der Waals surface area contributed by atoms with Gasteiger partial charge in [0.25, 0.3) is 0 Å². The maximum Gasteiger partial charge on any atom is 0.0656 e. The summed E-state index contributed by atoms with van der Waals surface area (Å²) in [6.45, 7) is 4.66. The molecule has 0 bridgehead atoms. The standard InChI is InChI=1S/C20H27N3/c21-13-16-6-10-23(11-7-16)15-20(8-9-20)14-22-19-12-18(19)17-4-2-1-3-5-17/h1-5,16,18-19,22H,6-12,14-15H2/t18-,19+/m1/s1. The fourth-order valence-electron chi connectivity index (χ4n) is 4.10. The molecule has 2 saturated carbocycles. The Bertz CT molecular complexity index is 564. The number of nitrogens with one attached hydrogen (secondary N) is 1. The van der Waals surface area contributed by atoms with Crippen LogP contribution in [0.5, 0.6) is 0 Å². The van der Waals surface area contributed by atoms with Gasteiger partial charge in [-0.2, -0.15) is 5.26 Å². The molecule has 1 saturated heterocycles. The van der Waals surface area contributed by atoms with E-state index in [-0.39, 0.29) is 0 Å². The van der Waals surface area contributed by atoms with Gasteiger partial charge in [0.1, 0.15) is 0 Å². The third-order valence-corrected chi connectivity index (χ3v) is 6.04. The highest BCUT2D eigenvalue weighted by molar-refractivity contribution is 5.27. The molecule has 23 heavy (non-hydrogen) atoms. The first-order valence-electron chi connectivity index (χ1n) is 9.18. The van der Waals surface area contributed by atoms with Crippen molar-refractivity contribution in [3.8, 4) is 6.07 Å². The average Bonchev–Trinajstić information content (AvgIpc) is 3.51. The quantitative estimate of drug-likeness (QED) is 0.877. The van der Waals surface area contributed by atoms with E-state index in [1.807, 2.05) is 0 Å². The first-order chi connectivity index (χ1) is 11.3. The SMILES string of the molecule is N#CC1CCN(CC2(CN[C@H]3C[C@@H]3c3ccccc3)CC2)CC1. The van der Waals surface area contributed by atoms with Crippen molar-refractivity contribution in [3.05, 3.63) is 35.9 Å². The highest BCUT2D eigenvalue weighted by Gasteiger charge is 2.46. The van der Waals surface area contributed by atoms with Crippen LogP contribution < -0.4 is 5.32 Å². The van der Waals surface area contributed by atoms with Gasteiger partial charge in [-0.15, -0.1) is 0 Å². The summed E-state index contributed by atoms with van der Waals surface area (Å²) in [6.07, 6.45) is 6.19. The molecule has 3 aliphatic rings. The van der Waals surface area contributed by atoms with E-state index in [0.717, 1.165) is 31.8 Å². The van der Waals surface area contributed by atoms with Crippen LogP contribution in [0.15, 0.2) is 30.3 Å². The molecule has 0 amide bonds. The zero-order valence-electron chi connectivity index (χ0n) is 13.9. The lowest BCUT2D eigenvalue weighted by Gasteiger charge is -2.32. The predicted molar refractivity (Wildman–Crippen MR) is 92.0 cm³/mol. The molecule has 3 nitrogen and oxygen atoms in total. The molecule has 2 aliphatic carbocycles. The van der Waals surface area contributed by atoms with Gasteiger partial charge in [-0.1, -0.05) is 30.3 Å². The monoisotopic (exact) mass is 309 g/mol.